The fourth-order valence-corrected chi connectivity index (χ4v) is 7.36. The standard InChI is InChI=1S/C26H35FO3S/c1-5-7-13-26(14-8-6-2)17-22(20-10-12-24(30-4)23(27)16-20)21-11-9-19(3)15-25(21)31(28,29)18-26/h9-12,15-16,22H,5-8,13-14,17-18H2,1-4H3/t22-/m1/s1. The molecular formula is C26H35FO3S. The molecule has 0 saturated carbocycles. The number of aryl methyl sites for hydroxylation is 1. The molecular weight excluding hydrogens is 411 g/mol. The third-order valence-corrected chi connectivity index (χ3v) is 8.73. The van der Waals surface area contributed by atoms with Crippen molar-refractivity contribution in [2.75, 3.05) is 12.9 Å². The van der Waals surface area contributed by atoms with E-state index in [2.05, 4.69) is 13.8 Å². The Hall–Kier alpha value is -1.88. The van der Waals surface area contributed by atoms with Gasteiger partial charge in [0.1, 0.15) is 0 Å². The van der Waals surface area contributed by atoms with Gasteiger partial charge in [0.25, 0.3) is 0 Å². The zero-order valence-corrected chi connectivity index (χ0v) is 20.0. The van der Waals surface area contributed by atoms with Crippen molar-refractivity contribution in [3.8, 4) is 5.75 Å². The summed E-state index contributed by atoms with van der Waals surface area (Å²) in [6.07, 6.45) is 6.53. The van der Waals surface area contributed by atoms with E-state index in [1.165, 1.54) is 13.2 Å². The zero-order valence-electron chi connectivity index (χ0n) is 19.2. The Bertz CT molecular complexity index is 1010. The minimum Gasteiger partial charge on any atom is -0.494 e. The third kappa shape index (κ3) is 5.14. The van der Waals surface area contributed by atoms with Crippen molar-refractivity contribution >= 4 is 9.84 Å². The zero-order chi connectivity index (χ0) is 22.6. The molecule has 31 heavy (non-hydrogen) atoms. The van der Waals surface area contributed by atoms with E-state index in [1.54, 1.807) is 12.1 Å². The molecule has 170 valence electrons. The van der Waals surface area contributed by atoms with Crippen LogP contribution in [-0.2, 0) is 9.84 Å². The van der Waals surface area contributed by atoms with Crippen LogP contribution < -0.4 is 4.74 Å². The van der Waals surface area contributed by atoms with E-state index in [9.17, 15) is 12.8 Å². The first-order valence-electron chi connectivity index (χ1n) is 11.4. The lowest BCUT2D eigenvalue weighted by Crippen LogP contribution is -2.30. The molecule has 1 heterocycles. The molecule has 0 unspecified atom stereocenters. The lowest BCUT2D eigenvalue weighted by atomic mass is 9.70. The molecule has 0 saturated heterocycles. The molecule has 2 aromatic rings. The van der Waals surface area contributed by atoms with Gasteiger partial charge in [-0.15, -0.1) is 0 Å². The number of hydrogen-bond acceptors (Lipinski definition) is 3. The van der Waals surface area contributed by atoms with Crippen LogP contribution in [0, 0.1) is 18.2 Å². The van der Waals surface area contributed by atoms with E-state index in [0.717, 1.165) is 55.2 Å². The van der Waals surface area contributed by atoms with Gasteiger partial charge in [-0.2, -0.15) is 0 Å². The van der Waals surface area contributed by atoms with Crippen LogP contribution in [0.2, 0.25) is 0 Å². The Morgan fingerprint density at radius 2 is 1.74 bits per heavy atom. The van der Waals surface area contributed by atoms with Gasteiger partial charge in [-0.05, 0) is 66.5 Å². The molecule has 2 aromatic carbocycles. The molecule has 3 nitrogen and oxygen atoms in total. The van der Waals surface area contributed by atoms with Crippen LogP contribution in [0.25, 0.3) is 0 Å². The molecule has 1 atom stereocenters. The van der Waals surface area contributed by atoms with Gasteiger partial charge in [-0.1, -0.05) is 57.7 Å². The van der Waals surface area contributed by atoms with E-state index < -0.39 is 15.7 Å². The predicted molar refractivity (Wildman–Crippen MR) is 124 cm³/mol. The van der Waals surface area contributed by atoms with Gasteiger partial charge >= 0.3 is 0 Å². The third-order valence-electron chi connectivity index (χ3n) is 6.71. The summed E-state index contributed by atoms with van der Waals surface area (Å²) < 4.78 is 47.0. The number of fused-ring (bicyclic) bond motifs is 1. The van der Waals surface area contributed by atoms with Crippen molar-refractivity contribution in [2.24, 2.45) is 5.41 Å². The highest BCUT2D eigenvalue weighted by Gasteiger charge is 2.42. The van der Waals surface area contributed by atoms with Gasteiger partial charge in [0.15, 0.2) is 21.4 Å². The molecule has 0 amide bonds. The normalized spacial score (nSPS) is 19.5. The van der Waals surface area contributed by atoms with Crippen LogP contribution in [0.3, 0.4) is 0 Å². The molecule has 1 aliphatic heterocycles. The second-order valence-electron chi connectivity index (χ2n) is 9.16. The average molecular weight is 447 g/mol. The van der Waals surface area contributed by atoms with E-state index in [1.807, 2.05) is 25.1 Å². The number of hydrogen-bond donors (Lipinski definition) is 0. The number of rotatable bonds is 8. The van der Waals surface area contributed by atoms with E-state index in [0.29, 0.717) is 11.3 Å². The van der Waals surface area contributed by atoms with Gasteiger partial charge in [0.2, 0.25) is 0 Å². The number of sulfone groups is 1. The molecule has 0 N–H and O–H groups in total. The van der Waals surface area contributed by atoms with Crippen LogP contribution in [0.15, 0.2) is 41.3 Å². The van der Waals surface area contributed by atoms with Gasteiger partial charge in [0.05, 0.1) is 17.8 Å². The minimum atomic E-state index is -3.45. The van der Waals surface area contributed by atoms with Gasteiger partial charge in [-0.25, -0.2) is 12.8 Å². The van der Waals surface area contributed by atoms with Gasteiger partial charge in [-0.3, -0.25) is 0 Å². The first-order chi connectivity index (χ1) is 14.7. The van der Waals surface area contributed by atoms with E-state index in [-0.39, 0.29) is 22.8 Å². The number of ether oxygens (including phenoxy) is 1. The van der Waals surface area contributed by atoms with Crippen molar-refractivity contribution < 1.29 is 17.5 Å². The highest BCUT2D eigenvalue weighted by atomic mass is 32.2. The predicted octanol–water partition coefficient (Wildman–Crippen LogP) is 6.82. The second kappa shape index (κ2) is 9.72. The maximum atomic E-state index is 14.7. The highest BCUT2D eigenvalue weighted by Crippen LogP contribution is 2.49. The van der Waals surface area contributed by atoms with Crippen molar-refractivity contribution in [2.45, 2.75) is 76.5 Å². The first kappa shape index (κ1) is 23.8. The summed E-state index contributed by atoms with van der Waals surface area (Å²) in [7, 11) is -2.00. The molecule has 1 aliphatic rings. The minimum absolute atomic E-state index is 0.165. The van der Waals surface area contributed by atoms with Gasteiger partial charge < -0.3 is 4.74 Å². The SMILES string of the molecule is CCCCC1(CCCC)C[C@H](c2ccc(OC)c(F)c2)c2ccc(C)cc2S(=O)(=O)C1. The fourth-order valence-electron chi connectivity index (χ4n) is 5.06. The molecule has 0 aromatic heterocycles. The smallest absolute Gasteiger partial charge is 0.179 e. The van der Waals surface area contributed by atoms with E-state index >= 15 is 0 Å². The summed E-state index contributed by atoms with van der Waals surface area (Å²) in [5.41, 5.74) is 2.23. The molecule has 0 aliphatic carbocycles. The van der Waals surface area contributed by atoms with Crippen LogP contribution >= 0.6 is 0 Å². The largest absolute Gasteiger partial charge is 0.494 e. The molecule has 0 radical (unpaired) electrons. The molecule has 0 fully saturated rings. The fraction of sp³-hybridized carbons (Fsp3) is 0.538. The number of unbranched alkanes of at least 4 members (excludes halogenated alkanes) is 2. The van der Waals surface area contributed by atoms with Crippen molar-refractivity contribution in [1.82, 2.24) is 0 Å². The van der Waals surface area contributed by atoms with Crippen molar-refractivity contribution in [1.29, 1.82) is 0 Å². The van der Waals surface area contributed by atoms with Crippen molar-refractivity contribution in [3.05, 3.63) is 58.9 Å². The van der Waals surface area contributed by atoms with Crippen LogP contribution in [0.4, 0.5) is 4.39 Å². The highest BCUT2D eigenvalue weighted by molar-refractivity contribution is 7.91. The summed E-state index contributed by atoms with van der Waals surface area (Å²) in [4.78, 5) is 0.420. The topological polar surface area (TPSA) is 43.4 Å². The Balaban J connectivity index is 2.21. The number of benzene rings is 2. The quantitative estimate of drug-likeness (QED) is 0.447. The van der Waals surface area contributed by atoms with Gasteiger partial charge in [0, 0.05) is 5.92 Å². The summed E-state index contributed by atoms with van der Waals surface area (Å²) in [6, 6.07) is 10.8. The molecule has 0 spiro atoms. The molecule has 5 heteroatoms. The Morgan fingerprint density at radius 1 is 1.06 bits per heavy atom. The average Bonchev–Trinajstić information content (AvgIpc) is 2.83. The lowest BCUT2D eigenvalue weighted by Gasteiger charge is -2.35. The lowest BCUT2D eigenvalue weighted by molar-refractivity contribution is 0.230. The molecule has 3 rings (SSSR count). The summed E-state index contributed by atoms with van der Waals surface area (Å²) in [5.74, 6) is -0.196. The molecule has 0 bridgehead atoms. The van der Waals surface area contributed by atoms with Crippen LogP contribution in [0.5, 0.6) is 5.75 Å². The summed E-state index contributed by atoms with van der Waals surface area (Å²) in [5, 5.41) is 0. The number of halogens is 1. The van der Waals surface area contributed by atoms with Crippen LogP contribution in [0.1, 0.15) is 81.4 Å². The first-order valence-corrected chi connectivity index (χ1v) is 13.1. The van der Waals surface area contributed by atoms with Crippen LogP contribution in [-0.4, -0.2) is 21.3 Å². The maximum Gasteiger partial charge on any atom is 0.179 e. The number of methoxy groups -OCH3 is 1. The Labute approximate surface area is 186 Å². The summed E-state index contributed by atoms with van der Waals surface area (Å²) >= 11 is 0. The van der Waals surface area contributed by atoms with Crippen molar-refractivity contribution in [3.63, 3.8) is 0 Å². The Kier molecular flexibility index (Phi) is 7.46. The maximum absolute atomic E-state index is 14.7. The monoisotopic (exact) mass is 446 g/mol. The second-order valence-corrected chi connectivity index (χ2v) is 11.1. The van der Waals surface area contributed by atoms with E-state index in [4.69, 9.17) is 4.74 Å². The Morgan fingerprint density at radius 3 is 2.32 bits per heavy atom. The summed E-state index contributed by atoms with van der Waals surface area (Å²) in [6.45, 7) is 6.21.